The minimum Gasteiger partial charge on any atom is -0.493 e. The molecule has 0 saturated heterocycles. The molecule has 0 aliphatic heterocycles. The Kier molecular flexibility index (Phi) is 3.25. The first-order valence-corrected chi connectivity index (χ1v) is 2.68. The van der Waals surface area contributed by atoms with Crippen LogP contribution in [0.25, 0.3) is 0 Å². The molecule has 0 aliphatic rings. The molecule has 0 saturated carbocycles. The van der Waals surface area contributed by atoms with Crippen molar-refractivity contribution in [2.75, 3.05) is 7.11 Å². The molecule has 0 N–H and O–H groups in total. The van der Waals surface area contributed by atoms with E-state index in [-0.39, 0.29) is 11.5 Å². The van der Waals surface area contributed by atoms with Crippen LogP contribution in [-0.2, 0) is 14.3 Å². The predicted octanol–water partition coefficient (Wildman–Crippen LogP) is 1.22. The quantitative estimate of drug-likeness (QED) is 0.337. The molecule has 0 atom stereocenters. The van der Waals surface area contributed by atoms with E-state index in [0.29, 0.717) is 0 Å². The van der Waals surface area contributed by atoms with E-state index in [1.165, 1.54) is 14.0 Å². The van der Waals surface area contributed by atoms with Gasteiger partial charge in [0.1, 0.15) is 0 Å². The van der Waals surface area contributed by atoms with Crippen molar-refractivity contribution in [3.05, 3.63) is 24.7 Å². The summed E-state index contributed by atoms with van der Waals surface area (Å²) in [5.74, 6) is -0.0200. The number of methoxy groups -OCH3 is 1. The zero-order chi connectivity index (χ0) is 8.15. The fourth-order valence-electron chi connectivity index (χ4n) is 0.344. The lowest BCUT2D eigenvalue weighted by Crippen LogP contribution is -2.00. The highest BCUT2D eigenvalue weighted by atomic mass is 16.6. The second-order valence-electron chi connectivity index (χ2n) is 1.64. The summed E-state index contributed by atoms with van der Waals surface area (Å²) in [5, 5.41) is 0. The summed E-state index contributed by atoms with van der Waals surface area (Å²) in [6, 6.07) is 0. The Hall–Kier alpha value is -1.25. The minimum absolute atomic E-state index is 0.148. The van der Waals surface area contributed by atoms with Crippen LogP contribution in [0.3, 0.4) is 0 Å². The summed E-state index contributed by atoms with van der Waals surface area (Å²) in [6.07, 6.45) is 0. The fourth-order valence-corrected chi connectivity index (χ4v) is 0.344. The Labute approximate surface area is 59.9 Å². The van der Waals surface area contributed by atoms with Crippen molar-refractivity contribution in [1.82, 2.24) is 0 Å². The molecule has 56 valence electrons. The second kappa shape index (κ2) is 3.71. The van der Waals surface area contributed by atoms with Crippen molar-refractivity contribution in [1.29, 1.82) is 0 Å². The Morgan fingerprint density at radius 1 is 1.30 bits per heavy atom. The van der Waals surface area contributed by atoms with E-state index < -0.39 is 5.97 Å². The van der Waals surface area contributed by atoms with Gasteiger partial charge in [-0.3, -0.25) is 4.79 Å². The van der Waals surface area contributed by atoms with E-state index in [1.54, 1.807) is 0 Å². The molecule has 0 bridgehead atoms. The van der Waals surface area contributed by atoms with Gasteiger partial charge in [-0.1, -0.05) is 13.2 Å². The molecule has 0 amide bonds. The Bertz CT molecular complexity index is 170. The highest BCUT2D eigenvalue weighted by Crippen LogP contribution is 2.06. The van der Waals surface area contributed by atoms with E-state index in [1.807, 2.05) is 0 Å². The lowest BCUT2D eigenvalue weighted by atomic mass is 10.5. The fraction of sp³-hybridized carbons (Fsp3) is 0.286. The SMILES string of the molecule is C=C(OC)C(=C)OC(C)=O. The molecule has 3 nitrogen and oxygen atoms in total. The topological polar surface area (TPSA) is 35.5 Å². The minimum atomic E-state index is -0.428. The molecule has 0 heterocycles. The Balaban J connectivity index is 3.86. The van der Waals surface area contributed by atoms with Crippen LogP contribution in [0.1, 0.15) is 6.92 Å². The molecule has 0 aliphatic carbocycles. The summed E-state index contributed by atoms with van der Waals surface area (Å²) in [4.78, 5) is 10.3. The number of carbonyl (C=O) groups excluding carboxylic acids is 1. The Morgan fingerprint density at radius 3 is 2.10 bits per heavy atom. The lowest BCUT2D eigenvalue weighted by molar-refractivity contribution is -0.136. The number of carbonyl (C=O) groups is 1. The van der Waals surface area contributed by atoms with Crippen LogP contribution in [-0.4, -0.2) is 13.1 Å². The van der Waals surface area contributed by atoms with E-state index in [2.05, 4.69) is 22.6 Å². The van der Waals surface area contributed by atoms with Crippen LogP contribution in [0.5, 0.6) is 0 Å². The number of ether oxygens (including phenoxy) is 2. The maximum absolute atomic E-state index is 10.3. The predicted molar refractivity (Wildman–Crippen MR) is 37.1 cm³/mol. The molecule has 3 heteroatoms. The average Bonchev–Trinajstić information content (AvgIpc) is 1.85. The summed E-state index contributed by atoms with van der Waals surface area (Å²) in [6.45, 7) is 8.11. The Morgan fingerprint density at radius 2 is 1.80 bits per heavy atom. The first-order valence-electron chi connectivity index (χ1n) is 2.68. The van der Waals surface area contributed by atoms with E-state index in [0.717, 1.165) is 0 Å². The van der Waals surface area contributed by atoms with Gasteiger partial charge < -0.3 is 9.47 Å². The largest absolute Gasteiger partial charge is 0.493 e. The summed E-state index contributed by atoms with van der Waals surface area (Å²) in [5.41, 5.74) is 0. The third-order valence-corrected chi connectivity index (χ3v) is 0.824. The standard InChI is InChI=1S/C7H10O3/c1-5(9-4)6(2)10-7(3)8/h1-2H2,3-4H3. The average molecular weight is 142 g/mol. The van der Waals surface area contributed by atoms with Crippen LogP contribution in [0.2, 0.25) is 0 Å². The van der Waals surface area contributed by atoms with Crippen LogP contribution < -0.4 is 0 Å². The van der Waals surface area contributed by atoms with Crippen molar-refractivity contribution in [2.24, 2.45) is 0 Å². The van der Waals surface area contributed by atoms with Gasteiger partial charge >= 0.3 is 5.97 Å². The van der Waals surface area contributed by atoms with Gasteiger partial charge in [0.05, 0.1) is 7.11 Å². The summed E-state index contributed by atoms with van der Waals surface area (Å²) in [7, 11) is 1.43. The first kappa shape index (κ1) is 8.75. The van der Waals surface area contributed by atoms with Crippen LogP contribution in [0, 0.1) is 0 Å². The summed E-state index contributed by atoms with van der Waals surface area (Å²) < 4.78 is 9.19. The van der Waals surface area contributed by atoms with Crippen LogP contribution in [0.15, 0.2) is 24.7 Å². The molecule has 0 aromatic heterocycles. The van der Waals surface area contributed by atoms with E-state index in [9.17, 15) is 4.79 Å². The zero-order valence-electron chi connectivity index (χ0n) is 6.14. The monoisotopic (exact) mass is 142 g/mol. The van der Waals surface area contributed by atoms with Crippen molar-refractivity contribution in [2.45, 2.75) is 6.92 Å². The smallest absolute Gasteiger partial charge is 0.308 e. The van der Waals surface area contributed by atoms with E-state index in [4.69, 9.17) is 0 Å². The van der Waals surface area contributed by atoms with Gasteiger partial charge in [-0.15, -0.1) is 0 Å². The van der Waals surface area contributed by atoms with E-state index >= 15 is 0 Å². The molecule has 0 unspecified atom stereocenters. The van der Waals surface area contributed by atoms with Gasteiger partial charge in [0.15, 0.2) is 11.5 Å². The van der Waals surface area contributed by atoms with Crippen molar-refractivity contribution in [3.8, 4) is 0 Å². The van der Waals surface area contributed by atoms with Crippen LogP contribution in [0.4, 0.5) is 0 Å². The molecular formula is C7H10O3. The van der Waals surface area contributed by atoms with Gasteiger partial charge in [-0.25, -0.2) is 0 Å². The molecule has 0 aromatic rings. The van der Waals surface area contributed by atoms with Crippen molar-refractivity contribution < 1.29 is 14.3 Å². The molecule has 0 radical (unpaired) electrons. The van der Waals surface area contributed by atoms with Gasteiger partial charge in [0.25, 0.3) is 0 Å². The summed E-state index contributed by atoms with van der Waals surface area (Å²) >= 11 is 0. The van der Waals surface area contributed by atoms with Crippen molar-refractivity contribution >= 4 is 5.97 Å². The van der Waals surface area contributed by atoms with Crippen molar-refractivity contribution in [3.63, 3.8) is 0 Å². The normalized spacial score (nSPS) is 8.20. The number of hydrogen-bond donors (Lipinski definition) is 0. The third-order valence-electron chi connectivity index (χ3n) is 0.824. The number of hydrogen-bond acceptors (Lipinski definition) is 3. The van der Waals surface area contributed by atoms with Gasteiger partial charge in [-0.05, 0) is 0 Å². The highest BCUT2D eigenvalue weighted by molar-refractivity contribution is 5.67. The van der Waals surface area contributed by atoms with Gasteiger partial charge in [0, 0.05) is 6.92 Å². The molecule has 10 heavy (non-hydrogen) atoms. The molecule has 0 spiro atoms. The number of rotatable bonds is 3. The maximum Gasteiger partial charge on any atom is 0.308 e. The molecular weight excluding hydrogens is 132 g/mol. The number of esters is 1. The van der Waals surface area contributed by atoms with Gasteiger partial charge in [0.2, 0.25) is 0 Å². The third kappa shape index (κ3) is 2.91. The lowest BCUT2D eigenvalue weighted by Gasteiger charge is -2.05. The van der Waals surface area contributed by atoms with Gasteiger partial charge in [-0.2, -0.15) is 0 Å². The molecule has 0 rings (SSSR count). The highest BCUT2D eigenvalue weighted by Gasteiger charge is 2.02. The second-order valence-corrected chi connectivity index (χ2v) is 1.64. The maximum atomic E-state index is 10.3. The molecule has 0 aromatic carbocycles. The molecule has 0 fully saturated rings. The zero-order valence-corrected chi connectivity index (χ0v) is 6.14. The first-order chi connectivity index (χ1) is 4.57. The van der Waals surface area contributed by atoms with Crippen LogP contribution >= 0.6 is 0 Å².